The van der Waals surface area contributed by atoms with Gasteiger partial charge in [-0.25, -0.2) is 0 Å². The number of hydrogen-bond acceptors (Lipinski definition) is 3. The van der Waals surface area contributed by atoms with Gasteiger partial charge >= 0.3 is 0 Å². The maximum absolute atomic E-state index is 11.7. The molecular weight excluding hydrogens is 264 g/mol. The minimum atomic E-state index is -0.100. The van der Waals surface area contributed by atoms with Crippen molar-refractivity contribution in [2.45, 2.75) is 6.54 Å². The van der Waals surface area contributed by atoms with E-state index in [0.717, 1.165) is 5.76 Å². The number of hydrogen-bond donors (Lipinski definition) is 2. The molecule has 0 unspecified atom stereocenters. The van der Waals surface area contributed by atoms with Crippen molar-refractivity contribution < 1.29 is 9.21 Å². The summed E-state index contributed by atoms with van der Waals surface area (Å²) >= 11 is 5.76. The number of nitrogens with one attached hydrogen (secondary N) is 2. The lowest BCUT2D eigenvalue weighted by molar-refractivity contribution is 0.0954. The van der Waals surface area contributed by atoms with Crippen LogP contribution in [0.4, 0.5) is 0 Å². The van der Waals surface area contributed by atoms with E-state index in [4.69, 9.17) is 16.0 Å². The van der Waals surface area contributed by atoms with Crippen molar-refractivity contribution in [2.75, 3.05) is 13.1 Å². The van der Waals surface area contributed by atoms with Crippen molar-refractivity contribution in [2.24, 2.45) is 0 Å². The highest BCUT2D eigenvalue weighted by atomic mass is 35.5. The van der Waals surface area contributed by atoms with Crippen LogP contribution in [0.1, 0.15) is 16.1 Å². The average Bonchev–Trinajstić information content (AvgIpc) is 2.92. The van der Waals surface area contributed by atoms with E-state index in [1.54, 1.807) is 30.5 Å². The van der Waals surface area contributed by atoms with Gasteiger partial charge in [0.25, 0.3) is 5.91 Å². The molecule has 2 aromatic rings. The topological polar surface area (TPSA) is 54.3 Å². The summed E-state index contributed by atoms with van der Waals surface area (Å²) in [6.45, 7) is 1.89. The fourth-order valence-corrected chi connectivity index (χ4v) is 1.72. The molecule has 0 bridgehead atoms. The summed E-state index contributed by atoms with van der Waals surface area (Å²) in [5, 5.41) is 6.62. The maximum atomic E-state index is 11.7. The fourth-order valence-electron chi connectivity index (χ4n) is 1.59. The number of carbonyl (C=O) groups is 1. The Morgan fingerprint density at radius 3 is 2.63 bits per heavy atom. The molecule has 0 aliphatic heterocycles. The molecule has 0 fully saturated rings. The van der Waals surface area contributed by atoms with E-state index >= 15 is 0 Å². The van der Waals surface area contributed by atoms with Crippen molar-refractivity contribution >= 4 is 17.5 Å². The summed E-state index contributed by atoms with van der Waals surface area (Å²) in [4.78, 5) is 11.7. The van der Waals surface area contributed by atoms with Crippen LogP contribution < -0.4 is 10.6 Å². The zero-order chi connectivity index (χ0) is 13.5. The third-order valence-corrected chi connectivity index (χ3v) is 2.83. The van der Waals surface area contributed by atoms with Gasteiger partial charge in [0.15, 0.2) is 0 Å². The van der Waals surface area contributed by atoms with E-state index in [2.05, 4.69) is 10.6 Å². The van der Waals surface area contributed by atoms with Gasteiger partial charge < -0.3 is 15.1 Å². The highest BCUT2D eigenvalue weighted by molar-refractivity contribution is 6.30. The smallest absolute Gasteiger partial charge is 0.251 e. The number of rotatable bonds is 6. The predicted octanol–water partition coefficient (Wildman–Crippen LogP) is 2.45. The monoisotopic (exact) mass is 278 g/mol. The molecule has 1 amide bonds. The third kappa shape index (κ3) is 4.43. The maximum Gasteiger partial charge on any atom is 0.251 e. The van der Waals surface area contributed by atoms with Crippen molar-refractivity contribution in [3.8, 4) is 0 Å². The van der Waals surface area contributed by atoms with Gasteiger partial charge in [-0.05, 0) is 36.4 Å². The van der Waals surface area contributed by atoms with Crippen LogP contribution in [0.3, 0.4) is 0 Å². The molecule has 0 saturated heterocycles. The summed E-state index contributed by atoms with van der Waals surface area (Å²) in [6.07, 6.45) is 1.64. The van der Waals surface area contributed by atoms with Gasteiger partial charge in [0, 0.05) is 23.7 Å². The van der Waals surface area contributed by atoms with Crippen LogP contribution in [0.2, 0.25) is 5.02 Å². The first kappa shape index (κ1) is 13.6. The van der Waals surface area contributed by atoms with Crippen molar-refractivity contribution in [3.63, 3.8) is 0 Å². The molecule has 100 valence electrons. The van der Waals surface area contributed by atoms with Crippen LogP contribution in [0.25, 0.3) is 0 Å². The van der Waals surface area contributed by atoms with Gasteiger partial charge in [0.2, 0.25) is 0 Å². The van der Waals surface area contributed by atoms with Gasteiger partial charge in [0.05, 0.1) is 12.8 Å². The largest absolute Gasteiger partial charge is 0.468 e. The number of halogens is 1. The van der Waals surface area contributed by atoms with E-state index in [1.165, 1.54) is 0 Å². The normalized spacial score (nSPS) is 10.4. The molecule has 1 aromatic carbocycles. The molecule has 1 heterocycles. The molecule has 5 heteroatoms. The lowest BCUT2D eigenvalue weighted by Gasteiger charge is -2.06. The molecule has 2 rings (SSSR count). The molecule has 19 heavy (non-hydrogen) atoms. The highest BCUT2D eigenvalue weighted by Gasteiger charge is 2.03. The Labute approximate surface area is 116 Å². The molecule has 2 N–H and O–H groups in total. The van der Waals surface area contributed by atoms with Gasteiger partial charge in [0.1, 0.15) is 5.76 Å². The average molecular weight is 279 g/mol. The zero-order valence-corrected chi connectivity index (χ0v) is 11.1. The first-order chi connectivity index (χ1) is 9.25. The Bertz CT molecular complexity index is 509. The van der Waals surface area contributed by atoms with E-state index < -0.39 is 0 Å². The third-order valence-electron chi connectivity index (χ3n) is 2.57. The van der Waals surface area contributed by atoms with Crippen LogP contribution in [-0.4, -0.2) is 19.0 Å². The van der Waals surface area contributed by atoms with E-state index in [9.17, 15) is 4.79 Å². The Hall–Kier alpha value is -1.78. The van der Waals surface area contributed by atoms with Crippen molar-refractivity contribution in [3.05, 3.63) is 59.0 Å². The zero-order valence-electron chi connectivity index (χ0n) is 10.4. The van der Waals surface area contributed by atoms with E-state index in [1.807, 2.05) is 12.1 Å². The lowest BCUT2D eigenvalue weighted by atomic mass is 10.2. The summed E-state index contributed by atoms with van der Waals surface area (Å²) < 4.78 is 5.18. The van der Waals surface area contributed by atoms with Crippen LogP contribution >= 0.6 is 11.6 Å². The molecule has 1 aromatic heterocycles. The van der Waals surface area contributed by atoms with Crippen LogP contribution in [0.5, 0.6) is 0 Å². The SMILES string of the molecule is O=C(NCCNCc1ccco1)c1ccc(Cl)cc1. The second kappa shape index (κ2) is 6.97. The number of carbonyl (C=O) groups excluding carboxylic acids is 1. The van der Waals surface area contributed by atoms with Gasteiger partial charge in [-0.15, -0.1) is 0 Å². The summed E-state index contributed by atoms with van der Waals surface area (Å²) in [5.74, 6) is 0.778. The second-order valence-electron chi connectivity index (χ2n) is 4.02. The fraction of sp³-hybridized carbons (Fsp3) is 0.214. The van der Waals surface area contributed by atoms with Gasteiger partial charge in [-0.1, -0.05) is 11.6 Å². The van der Waals surface area contributed by atoms with Crippen LogP contribution in [-0.2, 0) is 6.54 Å². The van der Waals surface area contributed by atoms with Crippen molar-refractivity contribution in [1.29, 1.82) is 0 Å². The van der Waals surface area contributed by atoms with Crippen LogP contribution in [0.15, 0.2) is 47.1 Å². The Balaban J connectivity index is 1.65. The predicted molar refractivity (Wildman–Crippen MR) is 74.2 cm³/mol. The molecular formula is C14H15ClN2O2. The number of amides is 1. The first-order valence-corrected chi connectivity index (χ1v) is 6.40. The Morgan fingerprint density at radius 2 is 1.95 bits per heavy atom. The Morgan fingerprint density at radius 1 is 1.16 bits per heavy atom. The summed E-state index contributed by atoms with van der Waals surface area (Å²) in [5.41, 5.74) is 0.607. The number of furan rings is 1. The second-order valence-corrected chi connectivity index (χ2v) is 4.46. The molecule has 0 aliphatic carbocycles. The van der Waals surface area contributed by atoms with Crippen molar-refractivity contribution in [1.82, 2.24) is 10.6 Å². The minimum Gasteiger partial charge on any atom is -0.468 e. The van der Waals surface area contributed by atoms with Gasteiger partial charge in [-0.3, -0.25) is 4.79 Å². The molecule has 0 aliphatic rings. The molecule has 0 radical (unpaired) electrons. The molecule has 0 atom stereocenters. The molecule has 0 saturated carbocycles. The standard InChI is InChI=1S/C14H15ClN2O2/c15-12-5-3-11(4-6-12)14(18)17-8-7-16-10-13-2-1-9-19-13/h1-6,9,16H,7-8,10H2,(H,17,18). The summed E-state index contributed by atoms with van der Waals surface area (Å²) in [6, 6.07) is 10.6. The summed E-state index contributed by atoms with van der Waals surface area (Å²) in [7, 11) is 0. The van der Waals surface area contributed by atoms with E-state index in [0.29, 0.717) is 30.2 Å². The van der Waals surface area contributed by atoms with E-state index in [-0.39, 0.29) is 5.91 Å². The van der Waals surface area contributed by atoms with Crippen LogP contribution in [0, 0.1) is 0 Å². The minimum absolute atomic E-state index is 0.100. The quantitative estimate of drug-likeness (QED) is 0.798. The number of benzene rings is 1. The van der Waals surface area contributed by atoms with Gasteiger partial charge in [-0.2, -0.15) is 0 Å². The Kier molecular flexibility index (Phi) is 5.01. The molecule has 0 spiro atoms. The first-order valence-electron chi connectivity index (χ1n) is 6.02. The highest BCUT2D eigenvalue weighted by Crippen LogP contribution is 2.09. The molecule has 4 nitrogen and oxygen atoms in total. The lowest BCUT2D eigenvalue weighted by Crippen LogP contribution is -2.31.